The number of hydrogen-bond donors (Lipinski definition) is 2. The van der Waals surface area contributed by atoms with Gasteiger partial charge in [0.15, 0.2) is 0 Å². The number of halogens is 1. The molecule has 0 spiro atoms. The number of nitrogens with zero attached hydrogens (tertiary/aromatic N) is 1. The summed E-state index contributed by atoms with van der Waals surface area (Å²) in [6.45, 7) is 0.649. The minimum atomic E-state index is -0.290. The van der Waals surface area contributed by atoms with Crippen LogP contribution in [0.25, 0.3) is 0 Å². The molecule has 0 aliphatic heterocycles. The first kappa shape index (κ1) is 17.8. The van der Waals surface area contributed by atoms with Gasteiger partial charge in [0.25, 0.3) is 5.91 Å². The fourth-order valence-corrected chi connectivity index (χ4v) is 2.61. The maximum atomic E-state index is 12.5. The van der Waals surface area contributed by atoms with Crippen LogP contribution in [0.1, 0.15) is 15.9 Å². The van der Waals surface area contributed by atoms with Crippen molar-refractivity contribution in [2.75, 3.05) is 17.7 Å². The second-order valence-electron chi connectivity index (χ2n) is 5.60. The van der Waals surface area contributed by atoms with Crippen LogP contribution in [0.3, 0.4) is 0 Å². The van der Waals surface area contributed by atoms with Gasteiger partial charge in [0, 0.05) is 24.0 Å². The summed E-state index contributed by atoms with van der Waals surface area (Å²) in [7, 11) is 1.54. The molecule has 6 heteroatoms. The second kappa shape index (κ2) is 8.36. The van der Waals surface area contributed by atoms with Crippen LogP contribution in [0.5, 0.6) is 5.75 Å². The Kier molecular flexibility index (Phi) is 5.71. The Bertz CT molecular complexity index is 901. The Hall–Kier alpha value is -3.05. The summed E-state index contributed by atoms with van der Waals surface area (Å²) in [6.07, 6.45) is 3.19. The molecule has 3 rings (SSSR count). The van der Waals surface area contributed by atoms with Crippen molar-refractivity contribution in [2.45, 2.75) is 6.54 Å². The Morgan fingerprint density at radius 1 is 1.12 bits per heavy atom. The Morgan fingerprint density at radius 2 is 1.92 bits per heavy atom. The molecule has 0 fully saturated rings. The van der Waals surface area contributed by atoms with E-state index in [1.165, 1.54) is 13.3 Å². The molecule has 3 aromatic rings. The molecular formula is C20H18ClN3O2. The predicted octanol–water partition coefficient (Wildman–Crippen LogP) is 4.61. The Balaban J connectivity index is 1.71. The number of methoxy groups -OCH3 is 1. The number of ether oxygens (including phenoxy) is 1. The topological polar surface area (TPSA) is 63.2 Å². The van der Waals surface area contributed by atoms with Crippen LogP contribution in [0.4, 0.5) is 11.4 Å². The quantitative estimate of drug-likeness (QED) is 0.668. The van der Waals surface area contributed by atoms with Gasteiger partial charge in [-0.05, 0) is 29.8 Å². The molecule has 0 radical (unpaired) electrons. The molecule has 0 aliphatic carbocycles. The first-order valence-corrected chi connectivity index (χ1v) is 8.41. The highest BCUT2D eigenvalue weighted by Gasteiger charge is 2.11. The van der Waals surface area contributed by atoms with Gasteiger partial charge >= 0.3 is 0 Å². The molecule has 132 valence electrons. The number of pyridine rings is 1. The zero-order chi connectivity index (χ0) is 18.4. The van der Waals surface area contributed by atoms with Gasteiger partial charge in [-0.25, -0.2) is 0 Å². The third kappa shape index (κ3) is 4.52. The fraction of sp³-hybridized carbons (Fsp3) is 0.100. The van der Waals surface area contributed by atoms with Gasteiger partial charge in [-0.3, -0.25) is 9.78 Å². The van der Waals surface area contributed by atoms with E-state index in [1.54, 1.807) is 30.5 Å². The third-order valence-electron chi connectivity index (χ3n) is 3.75. The number of anilines is 2. The van der Waals surface area contributed by atoms with E-state index in [0.29, 0.717) is 28.6 Å². The molecule has 0 bridgehead atoms. The van der Waals surface area contributed by atoms with Crippen molar-refractivity contribution in [3.63, 3.8) is 0 Å². The highest BCUT2D eigenvalue weighted by molar-refractivity contribution is 6.31. The number of carbonyl (C=O) groups excluding carboxylic acids is 1. The Labute approximate surface area is 157 Å². The van der Waals surface area contributed by atoms with Gasteiger partial charge in [-0.2, -0.15) is 0 Å². The monoisotopic (exact) mass is 367 g/mol. The van der Waals surface area contributed by atoms with E-state index in [1.807, 2.05) is 30.3 Å². The largest absolute Gasteiger partial charge is 0.495 e. The first-order valence-electron chi connectivity index (χ1n) is 8.03. The zero-order valence-electron chi connectivity index (χ0n) is 14.2. The lowest BCUT2D eigenvalue weighted by molar-refractivity contribution is 0.102. The molecule has 0 saturated carbocycles. The molecule has 2 aromatic carbocycles. The third-order valence-corrected chi connectivity index (χ3v) is 3.98. The summed E-state index contributed by atoms with van der Waals surface area (Å²) in [5.41, 5.74) is 2.85. The van der Waals surface area contributed by atoms with Gasteiger partial charge in [0.1, 0.15) is 5.75 Å². The second-order valence-corrected chi connectivity index (χ2v) is 6.04. The minimum absolute atomic E-state index is 0.290. The van der Waals surface area contributed by atoms with Crippen molar-refractivity contribution in [1.29, 1.82) is 0 Å². The molecule has 26 heavy (non-hydrogen) atoms. The Morgan fingerprint density at radius 3 is 2.69 bits per heavy atom. The number of hydrogen-bond acceptors (Lipinski definition) is 4. The molecular weight excluding hydrogens is 350 g/mol. The van der Waals surface area contributed by atoms with Gasteiger partial charge in [0.2, 0.25) is 0 Å². The molecule has 1 heterocycles. The number of benzene rings is 2. The average Bonchev–Trinajstić information content (AvgIpc) is 2.67. The van der Waals surface area contributed by atoms with E-state index >= 15 is 0 Å². The smallest absolute Gasteiger partial charge is 0.257 e. The average molecular weight is 368 g/mol. The number of carbonyl (C=O) groups is 1. The molecule has 0 unspecified atom stereocenters. The van der Waals surface area contributed by atoms with Crippen LogP contribution in [0.15, 0.2) is 67.0 Å². The first-order chi connectivity index (χ1) is 12.7. The summed E-state index contributed by atoms with van der Waals surface area (Å²) in [5.74, 6) is 0.246. The maximum Gasteiger partial charge on any atom is 0.257 e. The fourth-order valence-electron chi connectivity index (χ4n) is 2.43. The lowest BCUT2D eigenvalue weighted by atomic mass is 10.2. The summed E-state index contributed by atoms with van der Waals surface area (Å²) in [4.78, 5) is 16.7. The van der Waals surface area contributed by atoms with Crippen molar-refractivity contribution < 1.29 is 9.53 Å². The van der Waals surface area contributed by atoms with E-state index < -0.39 is 0 Å². The standard InChI is InChI=1S/C20H18ClN3O2/c1-26-19-8-7-16(21)10-18(19)24-20(25)15-9-17(13-22-12-15)23-11-14-5-3-2-4-6-14/h2-10,12-13,23H,11H2,1H3,(H,24,25). The van der Waals surface area contributed by atoms with Crippen LogP contribution in [0.2, 0.25) is 5.02 Å². The van der Waals surface area contributed by atoms with E-state index in [0.717, 1.165) is 11.3 Å². The van der Waals surface area contributed by atoms with Crippen molar-refractivity contribution in [3.8, 4) is 5.75 Å². The van der Waals surface area contributed by atoms with Crippen LogP contribution < -0.4 is 15.4 Å². The van der Waals surface area contributed by atoms with Crippen LogP contribution in [-0.2, 0) is 6.54 Å². The molecule has 5 nitrogen and oxygen atoms in total. The highest BCUT2D eigenvalue weighted by atomic mass is 35.5. The van der Waals surface area contributed by atoms with Crippen LogP contribution in [-0.4, -0.2) is 18.0 Å². The van der Waals surface area contributed by atoms with E-state index in [9.17, 15) is 4.79 Å². The van der Waals surface area contributed by atoms with E-state index in [-0.39, 0.29) is 5.91 Å². The molecule has 1 amide bonds. The zero-order valence-corrected chi connectivity index (χ0v) is 15.0. The maximum absolute atomic E-state index is 12.5. The van der Waals surface area contributed by atoms with Gasteiger partial charge in [0.05, 0.1) is 24.0 Å². The molecule has 2 N–H and O–H groups in total. The van der Waals surface area contributed by atoms with Crippen LogP contribution in [0, 0.1) is 0 Å². The van der Waals surface area contributed by atoms with Gasteiger partial charge in [-0.15, -0.1) is 0 Å². The summed E-state index contributed by atoms with van der Waals surface area (Å²) < 4.78 is 5.25. The number of nitrogens with one attached hydrogen (secondary N) is 2. The lowest BCUT2D eigenvalue weighted by Gasteiger charge is -2.11. The van der Waals surface area contributed by atoms with Crippen molar-refractivity contribution >= 4 is 28.9 Å². The predicted molar refractivity (Wildman–Crippen MR) is 104 cm³/mol. The number of rotatable bonds is 6. The van der Waals surface area contributed by atoms with Crippen molar-refractivity contribution in [1.82, 2.24) is 4.98 Å². The van der Waals surface area contributed by atoms with Crippen LogP contribution >= 0.6 is 11.6 Å². The summed E-state index contributed by atoms with van der Waals surface area (Å²) in [6, 6.07) is 16.8. The van der Waals surface area contributed by atoms with Crippen molar-refractivity contribution in [3.05, 3.63) is 83.1 Å². The molecule has 0 aliphatic rings. The summed E-state index contributed by atoms with van der Waals surface area (Å²) >= 11 is 6.00. The van der Waals surface area contributed by atoms with E-state index in [2.05, 4.69) is 15.6 Å². The van der Waals surface area contributed by atoms with Gasteiger partial charge < -0.3 is 15.4 Å². The SMILES string of the molecule is COc1ccc(Cl)cc1NC(=O)c1cncc(NCc2ccccc2)c1. The molecule has 0 saturated heterocycles. The normalized spacial score (nSPS) is 10.2. The molecule has 1 aromatic heterocycles. The number of aromatic nitrogens is 1. The lowest BCUT2D eigenvalue weighted by Crippen LogP contribution is -2.13. The van der Waals surface area contributed by atoms with Crippen molar-refractivity contribution in [2.24, 2.45) is 0 Å². The summed E-state index contributed by atoms with van der Waals surface area (Å²) in [5, 5.41) is 6.58. The van der Waals surface area contributed by atoms with Gasteiger partial charge in [-0.1, -0.05) is 41.9 Å². The molecule has 0 atom stereocenters. The minimum Gasteiger partial charge on any atom is -0.495 e. The number of amides is 1. The highest BCUT2D eigenvalue weighted by Crippen LogP contribution is 2.28. The van der Waals surface area contributed by atoms with E-state index in [4.69, 9.17) is 16.3 Å².